The fourth-order valence-electron chi connectivity index (χ4n) is 5.28. The van der Waals surface area contributed by atoms with Crippen LogP contribution in [0.15, 0.2) is 42.5 Å². The number of piperidine rings is 1. The highest BCUT2D eigenvalue weighted by atomic mass is 35.5. The van der Waals surface area contributed by atoms with Crippen molar-refractivity contribution in [1.82, 2.24) is 4.90 Å². The van der Waals surface area contributed by atoms with E-state index in [2.05, 4.69) is 28.9 Å². The van der Waals surface area contributed by atoms with Gasteiger partial charge in [0.15, 0.2) is 11.5 Å². The van der Waals surface area contributed by atoms with E-state index in [1.807, 2.05) is 38.1 Å². The highest BCUT2D eigenvalue weighted by molar-refractivity contribution is 6.33. The van der Waals surface area contributed by atoms with Crippen molar-refractivity contribution in [3.05, 3.63) is 53.1 Å². The van der Waals surface area contributed by atoms with E-state index in [0.717, 1.165) is 37.5 Å². The molecule has 2 aromatic carbocycles. The van der Waals surface area contributed by atoms with Gasteiger partial charge in [-0.1, -0.05) is 29.8 Å². The average Bonchev–Trinajstić information content (AvgIpc) is 3.09. The molecule has 2 saturated heterocycles. The molecule has 2 heterocycles. The Bertz CT molecular complexity index is 887. The zero-order valence-electron chi connectivity index (χ0n) is 18.3. The van der Waals surface area contributed by atoms with Crippen molar-refractivity contribution in [2.75, 3.05) is 18.0 Å². The largest absolute Gasteiger partial charge is 0.504 e. The minimum Gasteiger partial charge on any atom is -0.504 e. The highest BCUT2D eigenvalue weighted by Gasteiger charge is 2.45. The number of likely N-dealkylation sites (tertiary alicyclic amines) is 1. The lowest BCUT2D eigenvalue weighted by Crippen LogP contribution is -2.55. The molecule has 0 aromatic heterocycles. The predicted octanol–water partition coefficient (Wildman–Crippen LogP) is 5.86. The van der Waals surface area contributed by atoms with Gasteiger partial charge in [-0.05, 0) is 76.3 Å². The molecule has 162 valence electrons. The lowest BCUT2D eigenvalue weighted by atomic mass is 9.81. The van der Waals surface area contributed by atoms with Crippen molar-refractivity contribution in [2.24, 2.45) is 0 Å². The maximum atomic E-state index is 10.1. The summed E-state index contributed by atoms with van der Waals surface area (Å²) in [5, 5.41) is 10.9. The Morgan fingerprint density at radius 2 is 1.97 bits per heavy atom. The van der Waals surface area contributed by atoms with Crippen molar-refractivity contribution in [2.45, 2.75) is 70.7 Å². The van der Waals surface area contributed by atoms with E-state index in [1.165, 1.54) is 24.1 Å². The number of phenolic OH excluding ortho intramolecular Hbond substituents is 1. The molecule has 2 aromatic rings. The summed E-state index contributed by atoms with van der Waals surface area (Å²) in [5.74, 6) is 0.781. The lowest BCUT2D eigenvalue weighted by Gasteiger charge is -2.49. The standard InChI is InChI=1S/C25H33ClN2O2/c1-18(2)30-24-15-20(9-10-23(24)29)17-27-14-12-25(16-19(27)3)11-6-13-28(25)22-8-5-4-7-21(22)26/h4-5,7-10,15,18-19,29H,6,11-14,16-17H2,1-3H3/t19-,25+/m0/s1. The highest BCUT2D eigenvalue weighted by Crippen LogP contribution is 2.45. The van der Waals surface area contributed by atoms with Crippen molar-refractivity contribution >= 4 is 17.3 Å². The van der Waals surface area contributed by atoms with Crippen LogP contribution in [0.3, 0.4) is 0 Å². The zero-order valence-corrected chi connectivity index (χ0v) is 19.0. The molecule has 0 amide bonds. The molecular weight excluding hydrogens is 396 g/mol. The Balaban J connectivity index is 1.48. The van der Waals surface area contributed by atoms with Gasteiger partial charge in [-0.3, -0.25) is 4.90 Å². The van der Waals surface area contributed by atoms with Gasteiger partial charge in [0.05, 0.1) is 16.8 Å². The Morgan fingerprint density at radius 3 is 2.70 bits per heavy atom. The first-order valence-electron chi connectivity index (χ1n) is 11.1. The third-order valence-corrected chi connectivity index (χ3v) is 6.99. The molecule has 4 rings (SSSR count). The fraction of sp³-hybridized carbons (Fsp3) is 0.520. The van der Waals surface area contributed by atoms with E-state index in [9.17, 15) is 5.11 Å². The number of nitrogens with zero attached hydrogens (tertiary/aromatic N) is 2. The molecule has 0 bridgehead atoms. The first-order chi connectivity index (χ1) is 14.4. The number of hydrogen-bond acceptors (Lipinski definition) is 4. The van der Waals surface area contributed by atoms with Gasteiger partial charge in [0.25, 0.3) is 0 Å². The van der Waals surface area contributed by atoms with Crippen LogP contribution >= 0.6 is 11.6 Å². The third kappa shape index (κ3) is 4.26. The Labute approximate surface area is 185 Å². The lowest BCUT2D eigenvalue weighted by molar-refractivity contribution is 0.0997. The molecule has 2 fully saturated rings. The molecule has 2 aliphatic rings. The van der Waals surface area contributed by atoms with Crippen LogP contribution < -0.4 is 9.64 Å². The Hall–Kier alpha value is -1.91. The van der Waals surface area contributed by atoms with E-state index in [0.29, 0.717) is 11.8 Å². The molecule has 0 unspecified atom stereocenters. The zero-order chi connectivity index (χ0) is 21.3. The van der Waals surface area contributed by atoms with Crippen molar-refractivity contribution in [3.63, 3.8) is 0 Å². The van der Waals surface area contributed by atoms with Gasteiger partial charge in [-0.2, -0.15) is 0 Å². The average molecular weight is 429 g/mol. The van der Waals surface area contributed by atoms with Crippen molar-refractivity contribution in [1.29, 1.82) is 0 Å². The summed E-state index contributed by atoms with van der Waals surface area (Å²) in [6, 6.07) is 14.5. The molecular formula is C25H33ClN2O2. The minimum atomic E-state index is 0.0399. The molecule has 1 spiro atoms. The van der Waals surface area contributed by atoms with Crippen LogP contribution in [0.25, 0.3) is 0 Å². The number of phenols is 1. The van der Waals surface area contributed by atoms with Gasteiger partial charge in [0.1, 0.15) is 0 Å². The molecule has 2 atom stereocenters. The van der Waals surface area contributed by atoms with Gasteiger partial charge < -0.3 is 14.7 Å². The van der Waals surface area contributed by atoms with Crippen LogP contribution in [0.2, 0.25) is 5.02 Å². The van der Waals surface area contributed by atoms with E-state index >= 15 is 0 Å². The van der Waals surface area contributed by atoms with Crippen LogP contribution in [-0.4, -0.2) is 40.8 Å². The second-order valence-corrected chi connectivity index (χ2v) is 9.58. The fourth-order valence-corrected chi connectivity index (χ4v) is 5.52. The minimum absolute atomic E-state index is 0.0399. The second-order valence-electron chi connectivity index (χ2n) is 9.17. The van der Waals surface area contributed by atoms with Gasteiger partial charge in [-0.15, -0.1) is 0 Å². The monoisotopic (exact) mass is 428 g/mol. The molecule has 1 N–H and O–H groups in total. The normalized spacial score (nSPS) is 24.7. The summed E-state index contributed by atoms with van der Waals surface area (Å²) < 4.78 is 5.76. The number of halogens is 1. The molecule has 5 heteroatoms. The summed E-state index contributed by atoms with van der Waals surface area (Å²) in [5.41, 5.74) is 2.58. The predicted molar refractivity (Wildman–Crippen MR) is 124 cm³/mol. The van der Waals surface area contributed by atoms with E-state index < -0.39 is 0 Å². The number of para-hydroxylation sites is 1. The Kier molecular flexibility index (Phi) is 6.17. The van der Waals surface area contributed by atoms with Crippen molar-refractivity contribution in [3.8, 4) is 11.5 Å². The van der Waals surface area contributed by atoms with Gasteiger partial charge in [0, 0.05) is 31.2 Å². The number of aromatic hydroxyl groups is 1. The number of benzene rings is 2. The smallest absolute Gasteiger partial charge is 0.161 e. The summed E-state index contributed by atoms with van der Waals surface area (Å²) in [6.07, 6.45) is 4.80. The molecule has 30 heavy (non-hydrogen) atoms. The van der Waals surface area contributed by atoms with Crippen LogP contribution in [0.1, 0.15) is 52.0 Å². The van der Waals surface area contributed by atoms with Crippen LogP contribution in [0.4, 0.5) is 5.69 Å². The van der Waals surface area contributed by atoms with Gasteiger partial charge in [0.2, 0.25) is 0 Å². The SMILES string of the molecule is CC(C)Oc1cc(CN2CC[C@]3(CCCN3c3ccccc3Cl)C[C@@H]2C)ccc1O. The maximum absolute atomic E-state index is 10.1. The number of rotatable bonds is 5. The van der Waals surface area contributed by atoms with E-state index in [1.54, 1.807) is 6.07 Å². The summed E-state index contributed by atoms with van der Waals surface area (Å²) >= 11 is 6.56. The topological polar surface area (TPSA) is 35.9 Å². The number of anilines is 1. The van der Waals surface area contributed by atoms with Crippen LogP contribution in [0.5, 0.6) is 11.5 Å². The first kappa shape index (κ1) is 21.3. The summed E-state index contributed by atoms with van der Waals surface area (Å²) in [6.45, 7) is 9.32. The van der Waals surface area contributed by atoms with E-state index in [-0.39, 0.29) is 17.4 Å². The van der Waals surface area contributed by atoms with Gasteiger partial charge >= 0.3 is 0 Å². The summed E-state index contributed by atoms with van der Waals surface area (Å²) in [4.78, 5) is 5.14. The third-order valence-electron chi connectivity index (χ3n) is 6.68. The first-order valence-corrected chi connectivity index (χ1v) is 11.5. The molecule has 0 aliphatic carbocycles. The van der Waals surface area contributed by atoms with E-state index in [4.69, 9.17) is 16.3 Å². The quantitative estimate of drug-likeness (QED) is 0.647. The number of hydrogen-bond donors (Lipinski definition) is 1. The van der Waals surface area contributed by atoms with Gasteiger partial charge in [-0.25, -0.2) is 0 Å². The van der Waals surface area contributed by atoms with Crippen molar-refractivity contribution < 1.29 is 9.84 Å². The molecule has 4 nitrogen and oxygen atoms in total. The maximum Gasteiger partial charge on any atom is 0.161 e. The van der Waals surface area contributed by atoms with Crippen LogP contribution in [-0.2, 0) is 6.54 Å². The molecule has 2 aliphatic heterocycles. The second kappa shape index (κ2) is 8.68. The molecule has 0 saturated carbocycles. The Morgan fingerprint density at radius 1 is 1.17 bits per heavy atom. The number of ether oxygens (including phenoxy) is 1. The summed E-state index contributed by atoms with van der Waals surface area (Å²) in [7, 11) is 0. The van der Waals surface area contributed by atoms with Crippen LogP contribution in [0, 0.1) is 0 Å². The molecule has 0 radical (unpaired) electrons.